The number of nitrogens with zero attached hydrogens (tertiary/aromatic N) is 6. The van der Waals surface area contributed by atoms with Crippen LogP contribution in [0.4, 0.5) is 0 Å². The second-order valence-corrected chi connectivity index (χ2v) is 8.96. The summed E-state index contributed by atoms with van der Waals surface area (Å²) in [4.78, 5) is 32.7. The number of pyridine rings is 1. The smallest absolute Gasteiger partial charge is 0.252 e. The molecule has 4 heterocycles. The summed E-state index contributed by atoms with van der Waals surface area (Å²) in [6.07, 6.45) is 4.76. The van der Waals surface area contributed by atoms with Gasteiger partial charge in [-0.1, -0.05) is 23.7 Å². The van der Waals surface area contributed by atoms with Gasteiger partial charge in [-0.25, -0.2) is 4.98 Å². The van der Waals surface area contributed by atoms with E-state index in [9.17, 15) is 9.59 Å². The van der Waals surface area contributed by atoms with Crippen molar-refractivity contribution in [3.8, 4) is 28.1 Å². The Morgan fingerprint density at radius 2 is 1.92 bits per heavy atom. The average Bonchev–Trinajstić information content (AvgIpc) is 3.64. The number of aromatic nitrogens is 7. The number of primary amides is 1. The van der Waals surface area contributed by atoms with E-state index >= 15 is 0 Å². The van der Waals surface area contributed by atoms with Gasteiger partial charge >= 0.3 is 0 Å². The molecule has 2 aromatic carbocycles. The fraction of sp³-hybridized carbons (Fsp3) is 0.120. The first kappa shape index (κ1) is 21.9. The van der Waals surface area contributed by atoms with Gasteiger partial charge in [0.2, 0.25) is 5.91 Å². The standard InChI is InChI=1S/C25H19ClN8O2/c26-17-5-7-21(33-13-29-31-32-33)19(11-17)16-9-18-6-8-22(34(18)23(35)10-16)25-28-12-20(30-25)14-1-3-15(4-2-14)24(27)36/h1-5,7,9-13,22H,6,8H2,(H2,27,36)(H,28,30). The maximum atomic E-state index is 13.3. The number of aryl methyl sites for hydroxylation is 1. The van der Waals surface area contributed by atoms with Crippen LogP contribution < -0.4 is 11.3 Å². The van der Waals surface area contributed by atoms with Crippen LogP contribution in [-0.2, 0) is 6.42 Å². The normalized spacial score (nSPS) is 14.6. The number of halogens is 1. The van der Waals surface area contributed by atoms with E-state index in [1.54, 1.807) is 57.9 Å². The lowest BCUT2D eigenvalue weighted by Gasteiger charge is -2.15. The molecule has 1 unspecified atom stereocenters. The molecule has 0 bridgehead atoms. The Labute approximate surface area is 209 Å². The molecule has 1 aliphatic rings. The number of nitrogens with one attached hydrogen (secondary N) is 1. The third-order valence-electron chi connectivity index (χ3n) is 6.38. The molecular weight excluding hydrogens is 480 g/mol. The zero-order chi connectivity index (χ0) is 24.8. The number of imidazole rings is 1. The third-order valence-corrected chi connectivity index (χ3v) is 6.61. The van der Waals surface area contributed by atoms with Gasteiger partial charge < -0.3 is 15.3 Å². The highest BCUT2D eigenvalue weighted by atomic mass is 35.5. The molecule has 0 aliphatic carbocycles. The van der Waals surface area contributed by atoms with Crippen molar-refractivity contribution in [1.29, 1.82) is 0 Å². The van der Waals surface area contributed by atoms with E-state index in [0.717, 1.165) is 46.6 Å². The molecule has 10 nitrogen and oxygen atoms in total. The molecule has 0 spiro atoms. The van der Waals surface area contributed by atoms with Gasteiger partial charge in [0.05, 0.1) is 17.4 Å². The van der Waals surface area contributed by atoms with Crippen molar-refractivity contribution in [2.45, 2.75) is 18.9 Å². The minimum absolute atomic E-state index is 0.128. The van der Waals surface area contributed by atoms with Gasteiger partial charge in [-0.2, -0.15) is 4.68 Å². The fourth-order valence-corrected chi connectivity index (χ4v) is 4.85. The second-order valence-electron chi connectivity index (χ2n) is 8.53. The maximum Gasteiger partial charge on any atom is 0.252 e. The Bertz CT molecular complexity index is 1650. The maximum absolute atomic E-state index is 13.3. The number of amides is 1. The van der Waals surface area contributed by atoms with Crippen molar-refractivity contribution in [2.75, 3.05) is 0 Å². The van der Waals surface area contributed by atoms with Crippen molar-refractivity contribution in [1.82, 2.24) is 34.7 Å². The number of carbonyl (C=O) groups is 1. The number of hydrogen-bond donors (Lipinski definition) is 2. The van der Waals surface area contributed by atoms with E-state index in [0.29, 0.717) is 16.4 Å². The van der Waals surface area contributed by atoms with Crippen LogP contribution >= 0.6 is 11.6 Å². The molecule has 11 heteroatoms. The highest BCUT2D eigenvalue weighted by Crippen LogP contribution is 2.34. The van der Waals surface area contributed by atoms with Crippen LogP contribution in [-0.4, -0.2) is 40.6 Å². The minimum atomic E-state index is -0.478. The van der Waals surface area contributed by atoms with E-state index in [2.05, 4.69) is 20.5 Å². The molecule has 0 fully saturated rings. The SMILES string of the molecule is NC(=O)c1ccc(-c2c[nH]c(C3CCc4cc(-c5cc(Cl)ccc5-n5cnnn5)cc(=O)n43)n2)cc1. The summed E-state index contributed by atoms with van der Waals surface area (Å²) in [5, 5.41) is 12.0. The number of nitrogens with two attached hydrogens (primary N) is 1. The molecule has 5 aromatic rings. The van der Waals surface area contributed by atoms with Crippen LogP contribution in [0.2, 0.25) is 5.02 Å². The first-order chi connectivity index (χ1) is 17.5. The predicted molar refractivity (Wildman–Crippen MR) is 133 cm³/mol. The molecule has 36 heavy (non-hydrogen) atoms. The average molecular weight is 499 g/mol. The molecule has 3 aromatic heterocycles. The number of tetrazole rings is 1. The van der Waals surface area contributed by atoms with Crippen molar-refractivity contribution in [2.24, 2.45) is 5.73 Å². The molecule has 3 N–H and O–H groups in total. The molecule has 0 radical (unpaired) electrons. The van der Waals surface area contributed by atoms with Crippen LogP contribution in [0, 0.1) is 0 Å². The van der Waals surface area contributed by atoms with Gasteiger partial charge in [0.1, 0.15) is 12.2 Å². The van der Waals surface area contributed by atoms with E-state index in [1.807, 2.05) is 12.1 Å². The topological polar surface area (TPSA) is 137 Å². The molecular formula is C25H19ClN8O2. The molecule has 0 saturated heterocycles. The second kappa shape index (κ2) is 8.58. The van der Waals surface area contributed by atoms with Crippen molar-refractivity contribution < 1.29 is 4.79 Å². The van der Waals surface area contributed by atoms with Gasteiger partial charge in [-0.3, -0.25) is 9.59 Å². The van der Waals surface area contributed by atoms with Crippen LogP contribution in [0.25, 0.3) is 28.1 Å². The summed E-state index contributed by atoms with van der Waals surface area (Å²) in [5.41, 5.74) is 10.3. The van der Waals surface area contributed by atoms with Gasteiger partial charge in [0.25, 0.3) is 5.56 Å². The highest BCUT2D eigenvalue weighted by Gasteiger charge is 2.28. The van der Waals surface area contributed by atoms with Crippen LogP contribution in [0.3, 0.4) is 0 Å². The van der Waals surface area contributed by atoms with Crippen LogP contribution in [0.5, 0.6) is 0 Å². The quantitative estimate of drug-likeness (QED) is 0.382. The Hall–Kier alpha value is -4.57. The molecule has 0 saturated carbocycles. The molecule has 1 aliphatic heterocycles. The fourth-order valence-electron chi connectivity index (χ4n) is 4.68. The van der Waals surface area contributed by atoms with E-state index < -0.39 is 5.91 Å². The summed E-state index contributed by atoms with van der Waals surface area (Å²) in [7, 11) is 0. The summed E-state index contributed by atoms with van der Waals surface area (Å²) < 4.78 is 3.32. The molecule has 6 rings (SSSR count). The van der Waals surface area contributed by atoms with Gasteiger partial charge in [0.15, 0.2) is 0 Å². The molecule has 178 valence electrons. The Kier molecular flexibility index (Phi) is 5.23. The number of carbonyl (C=O) groups excluding carboxylic acids is 1. The monoisotopic (exact) mass is 498 g/mol. The predicted octanol–water partition coefficient (Wildman–Crippen LogP) is 3.17. The lowest BCUT2D eigenvalue weighted by Crippen LogP contribution is -2.23. The Balaban J connectivity index is 1.35. The largest absolute Gasteiger partial charge is 0.366 e. The lowest BCUT2D eigenvalue weighted by molar-refractivity contribution is 0.100. The first-order valence-corrected chi connectivity index (χ1v) is 11.6. The lowest BCUT2D eigenvalue weighted by atomic mass is 10.0. The van der Waals surface area contributed by atoms with Gasteiger partial charge in [-0.15, -0.1) is 5.10 Å². The van der Waals surface area contributed by atoms with Crippen molar-refractivity contribution in [3.05, 3.63) is 99.6 Å². The van der Waals surface area contributed by atoms with Gasteiger partial charge in [0, 0.05) is 39.7 Å². The van der Waals surface area contributed by atoms with E-state index in [1.165, 1.54) is 6.33 Å². The zero-order valence-corrected chi connectivity index (χ0v) is 19.6. The minimum Gasteiger partial charge on any atom is -0.366 e. The van der Waals surface area contributed by atoms with E-state index in [-0.39, 0.29) is 11.6 Å². The number of aromatic amines is 1. The van der Waals surface area contributed by atoms with Crippen LogP contribution in [0.15, 0.2) is 71.9 Å². The number of benzene rings is 2. The number of rotatable bonds is 5. The number of hydrogen-bond acceptors (Lipinski definition) is 6. The van der Waals surface area contributed by atoms with Crippen LogP contribution in [0.1, 0.15) is 34.3 Å². The first-order valence-electron chi connectivity index (χ1n) is 11.2. The summed E-state index contributed by atoms with van der Waals surface area (Å²) in [6.45, 7) is 0. The summed E-state index contributed by atoms with van der Waals surface area (Å²) in [6, 6.07) is 15.7. The Morgan fingerprint density at radius 1 is 1.08 bits per heavy atom. The number of H-pyrrole nitrogens is 1. The molecule has 1 atom stereocenters. The zero-order valence-electron chi connectivity index (χ0n) is 18.8. The Morgan fingerprint density at radius 3 is 2.67 bits per heavy atom. The highest BCUT2D eigenvalue weighted by molar-refractivity contribution is 6.31. The van der Waals surface area contributed by atoms with E-state index in [4.69, 9.17) is 22.3 Å². The summed E-state index contributed by atoms with van der Waals surface area (Å²) in [5.74, 6) is 0.225. The molecule has 1 amide bonds. The van der Waals surface area contributed by atoms with Crippen molar-refractivity contribution >= 4 is 17.5 Å². The van der Waals surface area contributed by atoms with Crippen molar-refractivity contribution in [3.63, 3.8) is 0 Å². The van der Waals surface area contributed by atoms with Gasteiger partial charge in [-0.05, 0) is 65.2 Å². The third kappa shape index (κ3) is 3.77. The summed E-state index contributed by atoms with van der Waals surface area (Å²) >= 11 is 6.29. The number of fused-ring (bicyclic) bond motifs is 1.